The van der Waals surface area contributed by atoms with Gasteiger partial charge in [0.05, 0.1) is 5.52 Å². The van der Waals surface area contributed by atoms with Gasteiger partial charge in [-0.1, -0.05) is 18.2 Å². The van der Waals surface area contributed by atoms with Crippen molar-refractivity contribution in [3.8, 4) is 5.95 Å². The predicted octanol–water partition coefficient (Wildman–Crippen LogP) is 4.46. The number of aromatic nitrogens is 4. The highest BCUT2D eigenvalue weighted by molar-refractivity contribution is 5.83. The van der Waals surface area contributed by atoms with Crippen molar-refractivity contribution in [1.82, 2.24) is 24.8 Å². The molecule has 0 bridgehead atoms. The maximum atomic E-state index is 13.3. The van der Waals surface area contributed by atoms with E-state index in [2.05, 4.69) is 15.2 Å². The maximum absolute atomic E-state index is 13.3. The van der Waals surface area contributed by atoms with Crippen LogP contribution in [0.5, 0.6) is 0 Å². The number of benzene rings is 1. The highest BCUT2D eigenvalue weighted by Crippen LogP contribution is 2.30. The molecule has 0 unspecified atom stereocenters. The molecule has 10 heteroatoms. The fourth-order valence-electron chi connectivity index (χ4n) is 3.52. The molecule has 8 nitrogen and oxygen atoms in total. The van der Waals surface area contributed by atoms with E-state index < -0.39 is 12.0 Å². The predicted molar refractivity (Wildman–Crippen MR) is 104 cm³/mol. The third-order valence-electron chi connectivity index (χ3n) is 4.94. The van der Waals surface area contributed by atoms with Crippen molar-refractivity contribution < 1.29 is 22.8 Å². The molecule has 0 spiro atoms. The summed E-state index contributed by atoms with van der Waals surface area (Å²) in [6.07, 6.45) is -1.76. The molecule has 0 atom stereocenters. The van der Waals surface area contributed by atoms with Crippen LogP contribution in [0.1, 0.15) is 57.5 Å². The SMILES string of the molecule is CC(C)(C)OC(=O)N1CCC(c2nc(-n3nc(C(F)F)c4ccccc43)no2)CC1. The van der Waals surface area contributed by atoms with Gasteiger partial charge < -0.3 is 14.2 Å². The zero-order chi connectivity index (χ0) is 21.5. The molecule has 1 saturated heterocycles. The Balaban J connectivity index is 1.50. The molecule has 2 aromatic heterocycles. The van der Waals surface area contributed by atoms with Crippen LogP contribution in [-0.2, 0) is 4.74 Å². The Morgan fingerprint density at radius 1 is 1.23 bits per heavy atom. The second-order valence-corrected chi connectivity index (χ2v) is 8.29. The lowest BCUT2D eigenvalue weighted by atomic mass is 9.97. The van der Waals surface area contributed by atoms with Crippen LogP contribution in [0.15, 0.2) is 28.8 Å². The average Bonchev–Trinajstić information content (AvgIpc) is 3.32. The zero-order valence-electron chi connectivity index (χ0n) is 17.0. The minimum Gasteiger partial charge on any atom is -0.444 e. The summed E-state index contributed by atoms with van der Waals surface area (Å²) in [5.74, 6) is 0.496. The quantitative estimate of drug-likeness (QED) is 0.623. The molecule has 160 valence electrons. The molecule has 1 aromatic carbocycles. The number of amides is 1. The fraction of sp³-hybridized carbons (Fsp3) is 0.500. The van der Waals surface area contributed by atoms with Crippen LogP contribution in [-0.4, -0.2) is 49.6 Å². The number of nitrogens with zero attached hydrogens (tertiary/aromatic N) is 5. The second kappa shape index (κ2) is 7.66. The van der Waals surface area contributed by atoms with Crippen molar-refractivity contribution in [1.29, 1.82) is 0 Å². The molecular formula is C20H23F2N5O3. The Morgan fingerprint density at radius 3 is 2.60 bits per heavy atom. The first-order valence-electron chi connectivity index (χ1n) is 9.80. The number of para-hydroxylation sites is 1. The van der Waals surface area contributed by atoms with Crippen LogP contribution >= 0.6 is 0 Å². The van der Waals surface area contributed by atoms with E-state index in [1.165, 1.54) is 4.68 Å². The number of piperidine rings is 1. The van der Waals surface area contributed by atoms with E-state index in [1.54, 1.807) is 29.2 Å². The molecule has 3 heterocycles. The number of likely N-dealkylation sites (tertiary alicyclic amines) is 1. The molecule has 1 aliphatic heterocycles. The first kappa shape index (κ1) is 20.2. The number of hydrogen-bond acceptors (Lipinski definition) is 6. The Labute approximate surface area is 171 Å². The molecule has 0 radical (unpaired) electrons. The van der Waals surface area contributed by atoms with Gasteiger partial charge in [-0.05, 0) is 44.8 Å². The van der Waals surface area contributed by atoms with Gasteiger partial charge in [0.25, 0.3) is 12.4 Å². The van der Waals surface area contributed by atoms with Crippen LogP contribution < -0.4 is 0 Å². The number of ether oxygens (including phenoxy) is 1. The largest absolute Gasteiger partial charge is 0.444 e. The van der Waals surface area contributed by atoms with Crippen LogP contribution in [0, 0.1) is 0 Å². The van der Waals surface area contributed by atoms with Gasteiger partial charge in [0.15, 0.2) is 0 Å². The summed E-state index contributed by atoms with van der Waals surface area (Å²) in [7, 11) is 0. The Morgan fingerprint density at radius 2 is 1.93 bits per heavy atom. The summed E-state index contributed by atoms with van der Waals surface area (Å²) in [6.45, 7) is 6.51. The lowest BCUT2D eigenvalue weighted by Gasteiger charge is -2.32. The summed E-state index contributed by atoms with van der Waals surface area (Å²) in [5.41, 5.74) is -0.374. The van der Waals surface area contributed by atoms with Gasteiger partial charge in [-0.3, -0.25) is 0 Å². The van der Waals surface area contributed by atoms with Crippen molar-refractivity contribution in [2.24, 2.45) is 0 Å². The van der Waals surface area contributed by atoms with Crippen LogP contribution in [0.25, 0.3) is 16.9 Å². The number of carbonyl (C=O) groups excluding carboxylic acids is 1. The lowest BCUT2D eigenvalue weighted by Crippen LogP contribution is -2.41. The molecule has 30 heavy (non-hydrogen) atoms. The molecule has 1 aliphatic rings. The number of hydrogen-bond donors (Lipinski definition) is 0. The minimum absolute atomic E-state index is 0.0265. The van der Waals surface area contributed by atoms with Crippen molar-refractivity contribution in [2.45, 2.75) is 51.6 Å². The van der Waals surface area contributed by atoms with Crippen molar-refractivity contribution in [3.63, 3.8) is 0 Å². The average molecular weight is 419 g/mol. The molecule has 3 aromatic rings. The number of alkyl halides is 2. The first-order valence-corrected chi connectivity index (χ1v) is 9.80. The number of carbonyl (C=O) groups is 1. The molecule has 1 amide bonds. The molecular weight excluding hydrogens is 396 g/mol. The van der Waals surface area contributed by atoms with Gasteiger partial charge in [-0.2, -0.15) is 14.8 Å². The van der Waals surface area contributed by atoms with Crippen molar-refractivity contribution in [3.05, 3.63) is 35.9 Å². The van der Waals surface area contributed by atoms with Crippen molar-refractivity contribution >= 4 is 17.0 Å². The fourth-order valence-corrected chi connectivity index (χ4v) is 3.52. The van der Waals surface area contributed by atoms with Gasteiger partial charge in [-0.15, -0.1) is 0 Å². The van der Waals surface area contributed by atoms with Crippen molar-refractivity contribution in [2.75, 3.05) is 13.1 Å². The normalized spacial score (nSPS) is 15.9. The van der Waals surface area contributed by atoms with Crippen LogP contribution in [0.4, 0.5) is 13.6 Å². The Bertz CT molecular complexity index is 1050. The topological polar surface area (TPSA) is 86.3 Å². The Hall–Kier alpha value is -3.04. The monoisotopic (exact) mass is 419 g/mol. The summed E-state index contributed by atoms with van der Waals surface area (Å²) < 4.78 is 38.8. The summed E-state index contributed by atoms with van der Waals surface area (Å²) in [4.78, 5) is 18.3. The summed E-state index contributed by atoms with van der Waals surface area (Å²) in [6, 6.07) is 6.70. The van der Waals surface area contributed by atoms with E-state index in [9.17, 15) is 13.6 Å². The third kappa shape index (κ3) is 3.99. The van der Waals surface area contributed by atoms with E-state index >= 15 is 0 Å². The van der Waals surface area contributed by atoms with E-state index in [1.807, 2.05) is 20.8 Å². The Kier molecular flexibility index (Phi) is 5.17. The lowest BCUT2D eigenvalue weighted by molar-refractivity contribution is 0.0198. The van der Waals surface area contributed by atoms with E-state index in [-0.39, 0.29) is 23.7 Å². The summed E-state index contributed by atoms with van der Waals surface area (Å²) in [5, 5.41) is 8.30. The second-order valence-electron chi connectivity index (χ2n) is 8.29. The zero-order valence-corrected chi connectivity index (χ0v) is 17.0. The number of halogens is 2. The standard InChI is InChI=1S/C20H23F2N5O3/c1-20(2,3)29-19(28)26-10-8-12(9-11-26)17-23-18(25-30-17)27-14-7-5-4-6-13(14)15(24-27)16(21)22/h4-7,12,16H,8-11H2,1-3H3. The van der Waals surface area contributed by atoms with Gasteiger partial charge in [-0.25, -0.2) is 13.6 Å². The van der Waals surface area contributed by atoms with Gasteiger partial charge in [0, 0.05) is 24.4 Å². The smallest absolute Gasteiger partial charge is 0.410 e. The summed E-state index contributed by atoms with van der Waals surface area (Å²) >= 11 is 0. The minimum atomic E-state index is -2.71. The van der Waals surface area contributed by atoms with E-state index in [4.69, 9.17) is 9.26 Å². The van der Waals surface area contributed by atoms with Gasteiger partial charge in [0.1, 0.15) is 11.3 Å². The highest BCUT2D eigenvalue weighted by Gasteiger charge is 2.30. The molecule has 4 rings (SSSR count). The van der Waals surface area contributed by atoms with E-state index in [0.717, 1.165) is 0 Å². The number of rotatable bonds is 3. The number of fused-ring (bicyclic) bond motifs is 1. The van der Waals surface area contributed by atoms with Gasteiger partial charge >= 0.3 is 6.09 Å². The van der Waals surface area contributed by atoms with Gasteiger partial charge in [0.2, 0.25) is 5.89 Å². The molecule has 0 saturated carbocycles. The van der Waals surface area contributed by atoms with E-state index in [0.29, 0.717) is 42.7 Å². The molecule has 0 aliphatic carbocycles. The molecule has 0 N–H and O–H groups in total. The third-order valence-corrected chi connectivity index (χ3v) is 4.94. The van der Waals surface area contributed by atoms with Crippen LogP contribution in [0.2, 0.25) is 0 Å². The maximum Gasteiger partial charge on any atom is 0.410 e. The van der Waals surface area contributed by atoms with Crippen LogP contribution in [0.3, 0.4) is 0 Å². The first-order chi connectivity index (χ1) is 14.2. The molecule has 1 fully saturated rings. The highest BCUT2D eigenvalue weighted by atomic mass is 19.3.